The van der Waals surface area contributed by atoms with Crippen LogP contribution in [0.4, 0.5) is 0 Å². The molecule has 0 saturated heterocycles. The Kier molecular flexibility index (Phi) is 63.8. The van der Waals surface area contributed by atoms with Crippen LogP contribution in [0.15, 0.2) is 134 Å². The number of carboxylic acids is 1. The highest BCUT2D eigenvalue weighted by atomic mass is 16.7. The van der Waals surface area contributed by atoms with E-state index in [-0.39, 0.29) is 38.6 Å². The summed E-state index contributed by atoms with van der Waals surface area (Å²) in [5, 5.41) is 11.8. The van der Waals surface area contributed by atoms with Crippen molar-refractivity contribution in [1.82, 2.24) is 0 Å². The number of carbonyl (C=O) groups is 3. The van der Waals surface area contributed by atoms with Crippen molar-refractivity contribution in [3.05, 3.63) is 134 Å². The number of rotatable bonds is 64. The zero-order valence-corrected chi connectivity index (χ0v) is 56.6. The lowest BCUT2D eigenvalue weighted by atomic mass is 10.0. The summed E-state index contributed by atoms with van der Waals surface area (Å²) in [4.78, 5) is 37.5. The van der Waals surface area contributed by atoms with Gasteiger partial charge in [0, 0.05) is 12.8 Å². The summed E-state index contributed by atoms with van der Waals surface area (Å²) in [5.41, 5.74) is 0. The van der Waals surface area contributed by atoms with E-state index in [9.17, 15) is 19.5 Å². The molecule has 9 nitrogen and oxygen atoms in total. The van der Waals surface area contributed by atoms with Crippen molar-refractivity contribution < 1.29 is 42.9 Å². The summed E-state index contributed by atoms with van der Waals surface area (Å²) < 4.78 is 22.8. The Morgan fingerprint density at radius 2 is 0.655 bits per heavy atom. The highest BCUT2D eigenvalue weighted by Gasteiger charge is 2.22. The molecule has 0 aliphatic carbocycles. The SMILES string of the molecule is CC/C=C\C/C=C\C/C=C\C/C=C\C/C=C\C/C=C\C/C=C\C/C=C\C/C=C\C/C=C\C/C=C\CCCCCCCC(=O)OC(COC(=O)CCCCCCCCCCCCCCCCCCCCCCCCC)COC(OCC[N+](C)(C)C)C(=O)[O-]. The zero-order chi connectivity index (χ0) is 63.3. The van der Waals surface area contributed by atoms with Crippen LogP contribution in [0, 0.1) is 0 Å². The van der Waals surface area contributed by atoms with Gasteiger partial charge in [-0.15, -0.1) is 0 Å². The van der Waals surface area contributed by atoms with Crippen molar-refractivity contribution in [2.75, 3.05) is 47.5 Å². The molecule has 0 fully saturated rings. The molecule has 0 aliphatic rings. The predicted molar refractivity (Wildman–Crippen MR) is 370 cm³/mol. The van der Waals surface area contributed by atoms with E-state index in [1.54, 1.807) is 0 Å². The first-order valence-corrected chi connectivity index (χ1v) is 35.3. The quantitative estimate of drug-likeness (QED) is 0.0195. The number of carboxylic acid groups (broad SMARTS) is 1. The molecular formula is C78H131NO8. The molecule has 0 rings (SSSR count). The maximum atomic E-state index is 12.9. The number of ether oxygens (including phenoxy) is 4. The number of unbranched alkanes of at least 4 members (excludes halogenated alkanes) is 27. The molecule has 0 aromatic heterocycles. The molecule has 0 aromatic rings. The van der Waals surface area contributed by atoms with Crippen LogP contribution in [0.25, 0.3) is 0 Å². The van der Waals surface area contributed by atoms with E-state index < -0.39 is 24.3 Å². The van der Waals surface area contributed by atoms with E-state index in [1.807, 2.05) is 21.1 Å². The number of esters is 2. The molecule has 0 heterocycles. The van der Waals surface area contributed by atoms with Gasteiger partial charge in [-0.2, -0.15) is 0 Å². The van der Waals surface area contributed by atoms with Gasteiger partial charge >= 0.3 is 11.9 Å². The Bertz CT molecular complexity index is 1890. The van der Waals surface area contributed by atoms with Gasteiger partial charge in [0.05, 0.1) is 40.3 Å². The van der Waals surface area contributed by atoms with Gasteiger partial charge in [0.15, 0.2) is 12.4 Å². The summed E-state index contributed by atoms with van der Waals surface area (Å²) in [6.45, 7) is 4.63. The van der Waals surface area contributed by atoms with Gasteiger partial charge in [-0.3, -0.25) is 9.59 Å². The van der Waals surface area contributed by atoms with Crippen LogP contribution in [0.2, 0.25) is 0 Å². The fourth-order valence-corrected chi connectivity index (χ4v) is 9.54. The van der Waals surface area contributed by atoms with E-state index in [0.717, 1.165) is 122 Å². The van der Waals surface area contributed by atoms with Crippen LogP contribution in [-0.2, 0) is 33.3 Å². The summed E-state index contributed by atoms with van der Waals surface area (Å²) in [5.74, 6) is -2.31. The third-order valence-corrected chi connectivity index (χ3v) is 14.9. The molecule has 0 aromatic carbocycles. The molecule has 0 amide bonds. The molecule has 0 saturated carbocycles. The maximum absolute atomic E-state index is 12.9. The van der Waals surface area contributed by atoms with E-state index in [2.05, 4.69) is 148 Å². The number of quaternary nitrogens is 1. The molecule has 0 N–H and O–H groups in total. The molecule has 0 aliphatic heterocycles. The second kappa shape index (κ2) is 67.4. The first-order chi connectivity index (χ1) is 42.6. The highest BCUT2D eigenvalue weighted by molar-refractivity contribution is 5.70. The minimum absolute atomic E-state index is 0.138. The number of hydrogen-bond acceptors (Lipinski definition) is 8. The lowest BCUT2D eigenvalue weighted by Gasteiger charge is -2.26. The van der Waals surface area contributed by atoms with Crippen LogP contribution in [0.3, 0.4) is 0 Å². The van der Waals surface area contributed by atoms with Crippen molar-refractivity contribution in [2.24, 2.45) is 0 Å². The van der Waals surface area contributed by atoms with E-state index in [1.165, 1.54) is 128 Å². The fourth-order valence-electron chi connectivity index (χ4n) is 9.54. The monoisotopic (exact) mass is 1210 g/mol. The van der Waals surface area contributed by atoms with Gasteiger partial charge in [0.25, 0.3) is 0 Å². The second-order valence-electron chi connectivity index (χ2n) is 24.4. The lowest BCUT2D eigenvalue weighted by Crippen LogP contribution is -2.44. The average molecular weight is 1210 g/mol. The number of likely N-dealkylation sites (N-methyl/N-ethyl adjacent to an activating group) is 1. The van der Waals surface area contributed by atoms with Gasteiger partial charge < -0.3 is 33.3 Å². The predicted octanol–water partition coefficient (Wildman–Crippen LogP) is 20.8. The van der Waals surface area contributed by atoms with Crippen LogP contribution in [0.1, 0.15) is 284 Å². The van der Waals surface area contributed by atoms with Crippen LogP contribution in [0.5, 0.6) is 0 Å². The molecule has 496 valence electrons. The topological polar surface area (TPSA) is 111 Å². The largest absolute Gasteiger partial charge is 0.545 e. The molecule has 2 unspecified atom stereocenters. The third-order valence-electron chi connectivity index (χ3n) is 14.9. The van der Waals surface area contributed by atoms with Crippen LogP contribution in [-0.4, -0.2) is 82.3 Å². The summed E-state index contributed by atoms with van der Waals surface area (Å²) >= 11 is 0. The minimum Gasteiger partial charge on any atom is -0.545 e. The standard InChI is InChI=1S/C78H131NO8/c1-6-8-10-12-14-16-18-20-22-24-26-28-30-31-32-33-34-35-36-37-38-39-40-41-42-43-44-45-47-49-51-53-55-57-59-61-63-65-67-69-76(81)87-74(73-86-78(77(82)83)84-71-70-79(3,4)5)72-85-75(80)68-66-64-62-60-58-56-54-52-50-48-46-29-27-25-23-21-19-17-15-13-11-9-7-2/h8,10,14,16,20,22,26,28,31-32,34-35,37-38,40-41,43-44,47,49,53,55,74,78H,6-7,9,11-13,15,17-19,21,23-25,27,29-30,33,36,39,42,45-46,48,50-52,54,56-73H2,1-5H3/b10-8-,16-14-,22-20-,28-26-,32-31-,35-34-,38-37-,41-40-,44-43-,49-47-,55-53-. The number of carbonyl (C=O) groups excluding carboxylic acids is 3. The Morgan fingerprint density at radius 1 is 0.356 bits per heavy atom. The normalized spacial score (nSPS) is 13.5. The van der Waals surface area contributed by atoms with Crippen LogP contribution < -0.4 is 5.11 Å². The van der Waals surface area contributed by atoms with E-state index >= 15 is 0 Å². The summed E-state index contributed by atoms with van der Waals surface area (Å²) in [6, 6.07) is 0. The fraction of sp³-hybridized carbons (Fsp3) is 0.679. The Hall–Kier alpha value is -4.57. The van der Waals surface area contributed by atoms with Crippen molar-refractivity contribution in [1.29, 1.82) is 0 Å². The molecule has 87 heavy (non-hydrogen) atoms. The highest BCUT2D eigenvalue weighted by Crippen LogP contribution is 2.17. The van der Waals surface area contributed by atoms with E-state index in [4.69, 9.17) is 18.9 Å². The molecule has 0 radical (unpaired) electrons. The number of hydrogen-bond donors (Lipinski definition) is 0. The summed E-state index contributed by atoms with van der Waals surface area (Å²) in [7, 11) is 5.92. The van der Waals surface area contributed by atoms with Crippen LogP contribution >= 0.6 is 0 Å². The molecular weight excluding hydrogens is 1080 g/mol. The minimum atomic E-state index is -1.63. The maximum Gasteiger partial charge on any atom is 0.306 e. The Balaban J connectivity index is 4.21. The second-order valence-corrected chi connectivity index (χ2v) is 24.4. The van der Waals surface area contributed by atoms with Gasteiger partial charge in [-0.25, -0.2) is 0 Å². The molecule has 9 heteroatoms. The van der Waals surface area contributed by atoms with Crippen molar-refractivity contribution in [3.8, 4) is 0 Å². The van der Waals surface area contributed by atoms with Crippen molar-refractivity contribution >= 4 is 17.9 Å². The van der Waals surface area contributed by atoms with Crippen molar-refractivity contribution in [2.45, 2.75) is 296 Å². The Morgan fingerprint density at radius 3 is 0.977 bits per heavy atom. The summed E-state index contributed by atoms with van der Waals surface area (Å²) in [6.07, 6.45) is 93.9. The zero-order valence-electron chi connectivity index (χ0n) is 56.6. The Labute approximate surface area is 535 Å². The third kappa shape index (κ3) is 68.8. The lowest BCUT2D eigenvalue weighted by molar-refractivity contribution is -0.870. The van der Waals surface area contributed by atoms with Crippen molar-refractivity contribution in [3.63, 3.8) is 0 Å². The number of allylic oxidation sites excluding steroid dienone is 22. The van der Waals surface area contributed by atoms with Gasteiger partial charge in [-0.1, -0.05) is 308 Å². The van der Waals surface area contributed by atoms with Gasteiger partial charge in [-0.05, 0) is 96.3 Å². The molecule has 0 spiro atoms. The first kappa shape index (κ1) is 82.4. The average Bonchev–Trinajstić information content (AvgIpc) is 3.55. The van der Waals surface area contributed by atoms with E-state index in [0.29, 0.717) is 17.4 Å². The number of nitrogens with zero attached hydrogens (tertiary/aromatic N) is 1. The first-order valence-electron chi connectivity index (χ1n) is 35.3. The molecule has 0 bridgehead atoms. The molecule has 2 atom stereocenters. The van der Waals surface area contributed by atoms with Gasteiger partial charge in [0.2, 0.25) is 0 Å². The number of aliphatic carboxylic acids is 1. The van der Waals surface area contributed by atoms with Gasteiger partial charge in [0.1, 0.15) is 13.2 Å². The smallest absolute Gasteiger partial charge is 0.306 e.